The summed E-state index contributed by atoms with van der Waals surface area (Å²) in [4.78, 5) is 0.266. The average molecular weight is 466 g/mol. The van der Waals surface area contributed by atoms with Crippen LogP contribution in [0.2, 0.25) is 0 Å². The van der Waals surface area contributed by atoms with Gasteiger partial charge in [0.25, 0.3) is 0 Å². The van der Waals surface area contributed by atoms with Crippen molar-refractivity contribution in [1.29, 1.82) is 0 Å². The Kier molecular flexibility index (Phi) is 10.0. The van der Waals surface area contributed by atoms with Crippen LogP contribution in [0.1, 0.15) is 102 Å². The van der Waals surface area contributed by atoms with Crippen LogP contribution in [0.15, 0.2) is 29.2 Å². The number of hydrogen-bond donors (Lipinski definition) is 2. The molecule has 2 N–H and O–H groups in total. The van der Waals surface area contributed by atoms with E-state index in [1.807, 2.05) is 12.1 Å². The van der Waals surface area contributed by atoms with Crippen molar-refractivity contribution in [2.75, 3.05) is 0 Å². The van der Waals surface area contributed by atoms with Crippen molar-refractivity contribution in [3.05, 3.63) is 29.8 Å². The molecule has 1 aliphatic carbocycles. The van der Waals surface area contributed by atoms with Crippen molar-refractivity contribution >= 4 is 10.0 Å². The van der Waals surface area contributed by atoms with Crippen molar-refractivity contribution in [2.45, 2.75) is 127 Å². The Hall–Kier alpha value is -0.950. The third kappa shape index (κ3) is 6.55. The molecule has 1 aromatic carbocycles. The Labute approximate surface area is 195 Å². The van der Waals surface area contributed by atoms with Gasteiger partial charge in [0.15, 0.2) is 6.29 Å². The van der Waals surface area contributed by atoms with Crippen LogP contribution in [-0.4, -0.2) is 41.3 Å². The molecular formula is C26H43NO4S. The molecular weight excluding hydrogens is 422 g/mol. The van der Waals surface area contributed by atoms with Crippen LogP contribution in [-0.2, 0) is 16.4 Å². The van der Waals surface area contributed by atoms with Gasteiger partial charge in [0.05, 0.1) is 10.9 Å². The largest absolute Gasteiger partial charge is 0.367 e. The fraction of sp³-hybridized carbons (Fsp3) is 0.769. The molecule has 2 aliphatic rings. The third-order valence-electron chi connectivity index (χ3n) is 7.48. The van der Waals surface area contributed by atoms with Crippen LogP contribution in [0.3, 0.4) is 0 Å². The summed E-state index contributed by atoms with van der Waals surface area (Å²) in [6.45, 7) is 2.25. The highest BCUT2D eigenvalue weighted by atomic mass is 32.2. The quantitative estimate of drug-likeness (QED) is 0.285. The molecule has 0 unspecified atom stereocenters. The number of fused-ring (bicyclic) bond motifs is 1. The van der Waals surface area contributed by atoms with Gasteiger partial charge in [-0.1, -0.05) is 83.3 Å². The minimum Gasteiger partial charge on any atom is -0.367 e. The van der Waals surface area contributed by atoms with Crippen LogP contribution in [0.25, 0.3) is 0 Å². The maximum atomic E-state index is 13.4. The van der Waals surface area contributed by atoms with E-state index in [0.29, 0.717) is 6.42 Å². The van der Waals surface area contributed by atoms with Gasteiger partial charge in [-0.3, -0.25) is 0 Å². The van der Waals surface area contributed by atoms with Gasteiger partial charge in [0, 0.05) is 6.04 Å². The van der Waals surface area contributed by atoms with E-state index in [1.165, 1.54) is 67.7 Å². The number of rotatable bonds is 14. The predicted molar refractivity (Wildman–Crippen MR) is 129 cm³/mol. The van der Waals surface area contributed by atoms with Gasteiger partial charge in [0.2, 0.25) is 10.0 Å². The zero-order chi connectivity index (χ0) is 23.0. The number of hydrogen-bond acceptors (Lipinski definition) is 4. The molecule has 2 fully saturated rings. The predicted octanol–water partition coefficient (Wildman–Crippen LogP) is 5.39. The molecule has 0 aromatic heterocycles. The number of benzene rings is 1. The maximum Gasteiger partial charge on any atom is 0.243 e. The van der Waals surface area contributed by atoms with Gasteiger partial charge in [-0.25, -0.2) is 8.42 Å². The van der Waals surface area contributed by atoms with Crippen molar-refractivity contribution in [3.8, 4) is 0 Å². The second-order valence-corrected chi connectivity index (χ2v) is 11.7. The van der Waals surface area contributed by atoms with E-state index in [9.17, 15) is 18.6 Å². The lowest BCUT2D eigenvalue weighted by atomic mass is 10.0. The van der Waals surface area contributed by atoms with Crippen molar-refractivity contribution < 1.29 is 18.6 Å². The molecule has 0 radical (unpaired) electrons. The Bertz CT molecular complexity index is 778. The van der Waals surface area contributed by atoms with Crippen molar-refractivity contribution in [1.82, 2.24) is 4.31 Å². The zero-order valence-corrected chi connectivity index (χ0v) is 20.6. The fourth-order valence-corrected chi connectivity index (χ4v) is 7.57. The lowest BCUT2D eigenvalue weighted by molar-refractivity contribution is -0.0801. The summed E-state index contributed by atoms with van der Waals surface area (Å²) >= 11 is 0. The Morgan fingerprint density at radius 1 is 0.906 bits per heavy atom. The van der Waals surface area contributed by atoms with E-state index in [0.717, 1.165) is 32.1 Å². The molecule has 1 saturated heterocycles. The van der Waals surface area contributed by atoms with Gasteiger partial charge in [-0.05, 0) is 55.7 Å². The van der Waals surface area contributed by atoms with Crippen LogP contribution in [0.4, 0.5) is 0 Å². The van der Waals surface area contributed by atoms with Crippen molar-refractivity contribution in [2.24, 2.45) is 5.92 Å². The molecule has 0 bridgehead atoms. The monoisotopic (exact) mass is 465 g/mol. The van der Waals surface area contributed by atoms with Crippen molar-refractivity contribution in [3.63, 3.8) is 0 Å². The molecule has 6 heteroatoms. The summed E-state index contributed by atoms with van der Waals surface area (Å²) in [5.74, 6) is 0.243. The first-order valence-corrected chi connectivity index (χ1v) is 14.4. The van der Waals surface area contributed by atoms with Crippen LogP contribution >= 0.6 is 0 Å². The number of aryl methyl sites for hydroxylation is 1. The molecule has 3 rings (SSSR count). The Balaban J connectivity index is 1.45. The highest BCUT2D eigenvalue weighted by molar-refractivity contribution is 7.89. The average Bonchev–Trinajstić information content (AvgIpc) is 3.37. The summed E-state index contributed by atoms with van der Waals surface area (Å²) < 4.78 is 28.1. The summed E-state index contributed by atoms with van der Waals surface area (Å²) in [7, 11) is -3.73. The van der Waals surface area contributed by atoms with Gasteiger partial charge in [0.1, 0.15) is 0 Å². The normalized spacial score (nSPS) is 23.8. The van der Waals surface area contributed by atoms with E-state index < -0.39 is 22.4 Å². The van der Waals surface area contributed by atoms with E-state index in [2.05, 4.69) is 6.92 Å². The lowest BCUT2D eigenvalue weighted by Crippen LogP contribution is -2.46. The summed E-state index contributed by atoms with van der Waals surface area (Å²) in [5.41, 5.74) is 1.17. The molecule has 1 aliphatic heterocycles. The molecule has 1 saturated carbocycles. The summed E-state index contributed by atoms with van der Waals surface area (Å²) in [6.07, 6.45) is 15.8. The molecule has 5 nitrogen and oxygen atoms in total. The van der Waals surface area contributed by atoms with Crippen LogP contribution in [0.5, 0.6) is 0 Å². The smallest absolute Gasteiger partial charge is 0.243 e. The first kappa shape index (κ1) is 25.7. The van der Waals surface area contributed by atoms with E-state index in [4.69, 9.17) is 0 Å². The third-order valence-corrected chi connectivity index (χ3v) is 9.44. The summed E-state index contributed by atoms with van der Waals surface area (Å²) in [6, 6.07) is 6.41. The topological polar surface area (TPSA) is 77.8 Å². The lowest BCUT2D eigenvalue weighted by Gasteiger charge is -2.29. The number of aliphatic hydroxyl groups excluding tert-OH is 1. The van der Waals surface area contributed by atoms with Crippen LogP contribution in [0, 0.1) is 5.92 Å². The number of aliphatic hydroxyl groups is 2. The minimum absolute atomic E-state index is 0.0990. The van der Waals surface area contributed by atoms with E-state index in [1.54, 1.807) is 12.1 Å². The zero-order valence-electron chi connectivity index (χ0n) is 19.8. The first-order chi connectivity index (χ1) is 15.4. The van der Waals surface area contributed by atoms with Crippen LogP contribution < -0.4 is 0 Å². The first-order valence-electron chi connectivity index (χ1n) is 12.9. The second kappa shape index (κ2) is 12.5. The van der Waals surface area contributed by atoms with E-state index in [-0.39, 0.29) is 16.9 Å². The maximum absolute atomic E-state index is 13.4. The molecule has 0 spiro atoms. The second-order valence-electron chi connectivity index (χ2n) is 9.89. The molecule has 3 atom stereocenters. The number of nitrogens with zero attached hydrogens (tertiary/aromatic N) is 1. The highest BCUT2D eigenvalue weighted by Crippen LogP contribution is 2.44. The number of sulfonamides is 1. The molecule has 1 heterocycles. The highest BCUT2D eigenvalue weighted by Gasteiger charge is 2.51. The number of unbranched alkanes of at least 4 members (excludes halogenated alkanes) is 9. The van der Waals surface area contributed by atoms with Gasteiger partial charge < -0.3 is 10.2 Å². The minimum atomic E-state index is -3.73. The Morgan fingerprint density at radius 2 is 1.50 bits per heavy atom. The molecule has 0 amide bonds. The fourth-order valence-electron chi connectivity index (χ4n) is 5.66. The SMILES string of the molecule is CCCCCCCCCCCCc1ccc(S(=O)(=O)N2[C@H](C(O)O)C[C@@H]3CCC[C@@H]32)cc1. The van der Waals surface area contributed by atoms with Gasteiger partial charge in [-0.2, -0.15) is 4.31 Å². The molecule has 182 valence electrons. The molecule has 32 heavy (non-hydrogen) atoms. The Morgan fingerprint density at radius 3 is 2.09 bits per heavy atom. The van der Waals surface area contributed by atoms with E-state index >= 15 is 0 Å². The standard InChI is InChI=1S/C26H43NO4S/c1-2-3-4-5-6-7-8-9-10-11-13-21-16-18-23(19-17-21)32(30,31)27-24-15-12-14-22(24)20-25(27)26(28)29/h16-19,22,24-26,28-29H,2-15,20H2,1H3/t22-,24-,25-/m0/s1. The van der Waals surface area contributed by atoms with Gasteiger partial charge >= 0.3 is 0 Å². The summed E-state index contributed by atoms with van der Waals surface area (Å²) in [5, 5.41) is 19.6. The van der Waals surface area contributed by atoms with Gasteiger partial charge in [-0.15, -0.1) is 0 Å². The molecule has 1 aromatic rings.